The van der Waals surface area contributed by atoms with Crippen LogP contribution in [-0.2, 0) is 0 Å². The molecular weight excluding hydrogens is 220 g/mol. The first-order chi connectivity index (χ1) is 7.58. The second kappa shape index (κ2) is 4.41. The zero-order chi connectivity index (χ0) is 11.7. The van der Waals surface area contributed by atoms with Gasteiger partial charge in [-0.2, -0.15) is 14.6 Å². The Bertz CT molecular complexity index is 492. The molecule has 0 fully saturated rings. The van der Waals surface area contributed by atoms with Crippen LogP contribution in [0.3, 0.4) is 0 Å². The van der Waals surface area contributed by atoms with Crippen LogP contribution in [0.15, 0.2) is 17.4 Å². The van der Waals surface area contributed by atoms with E-state index in [0.29, 0.717) is 16.9 Å². The van der Waals surface area contributed by atoms with E-state index in [2.05, 4.69) is 41.9 Å². The minimum Gasteiger partial charge on any atom is -0.216 e. The molecule has 0 aliphatic carbocycles. The molecule has 0 aliphatic rings. The lowest BCUT2D eigenvalue weighted by Crippen LogP contribution is -2.08. The van der Waals surface area contributed by atoms with E-state index < -0.39 is 0 Å². The number of hydrogen-bond donors (Lipinski definition) is 0. The number of aromatic nitrogens is 4. The molecule has 0 amide bonds. The van der Waals surface area contributed by atoms with Crippen LogP contribution in [-0.4, -0.2) is 24.8 Å². The fraction of sp³-hybridized carbons (Fsp3) is 0.545. The van der Waals surface area contributed by atoms with Crippen molar-refractivity contribution < 1.29 is 0 Å². The highest BCUT2D eigenvalue weighted by Crippen LogP contribution is 2.27. The van der Waals surface area contributed by atoms with Crippen LogP contribution in [0, 0.1) is 12.8 Å². The van der Waals surface area contributed by atoms with Crippen LogP contribution >= 0.6 is 11.8 Å². The van der Waals surface area contributed by atoms with Crippen LogP contribution < -0.4 is 0 Å². The summed E-state index contributed by atoms with van der Waals surface area (Å²) in [6.45, 7) is 8.67. The number of fused-ring (bicyclic) bond motifs is 1. The summed E-state index contributed by atoms with van der Waals surface area (Å²) in [5, 5.41) is 5.86. The summed E-state index contributed by atoms with van der Waals surface area (Å²) in [6, 6.07) is 2.06. The summed E-state index contributed by atoms with van der Waals surface area (Å²) in [6.07, 6.45) is 1.55. The molecule has 0 saturated carbocycles. The molecule has 1 unspecified atom stereocenters. The van der Waals surface area contributed by atoms with E-state index in [1.807, 2.05) is 18.7 Å². The predicted octanol–water partition coefficient (Wildman–Crippen LogP) is 2.57. The van der Waals surface area contributed by atoms with Crippen molar-refractivity contribution in [3.05, 3.63) is 18.1 Å². The number of thioether (sulfide) groups is 1. The normalized spacial score (nSPS) is 13.6. The maximum atomic E-state index is 4.32. The molecule has 2 heterocycles. The molecule has 0 spiro atoms. The summed E-state index contributed by atoms with van der Waals surface area (Å²) >= 11 is 1.82. The highest BCUT2D eigenvalue weighted by Gasteiger charge is 2.13. The summed E-state index contributed by atoms with van der Waals surface area (Å²) in [4.78, 5) is 8.44. The average molecular weight is 236 g/mol. The molecular formula is C11H16N4S. The first-order valence-corrected chi connectivity index (χ1v) is 6.30. The van der Waals surface area contributed by atoms with E-state index >= 15 is 0 Å². The quantitative estimate of drug-likeness (QED) is 0.607. The average Bonchev–Trinajstić information content (AvgIpc) is 2.65. The number of aryl methyl sites for hydroxylation is 1. The van der Waals surface area contributed by atoms with Crippen molar-refractivity contribution in [1.82, 2.24) is 19.6 Å². The fourth-order valence-electron chi connectivity index (χ4n) is 1.31. The standard InChI is InChI=1S/C11H16N4S/c1-7(2)9(4)16-10-5-8(3)14-11-12-6-13-15(10)11/h5-7,9H,1-4H3. The SMILES string of the molecule is Cc1cc(SC(C)C(C)C)n2ncnc2n1. The van der Waals surface area contributed by atoms with E-state index in [1.54, 1.807) is 10.8 Å². The third-order valence-corrected chi connectivity index (χ3v) is 4.04. The molecule has 1 atom stereocenters. The van der Waals surface area contributed by atoms with Gasteiger partial charge in [0.1, 0.15) is 11.4 Å². The Hall–Kier alpha value is -1.10. The Labute approximate surface area is 99.5 Å². The summed E-state index contributed by atoms with van der Waals surface area (Å²) in [5.74, 6) is 1.32. The van der Waals surface area contributed by atoms with E-state index in [4.69, 9.17) is 0 Å². The van der Waals surface area contributed by atoms with E-state index in [1.165, 1.54) is 0 Å². The van der Waals surface area contributed by atoms with Gasteiger partial charge >= 0.3 is 0 Å². The minimum absolute atomic E-state index is 0.550. The number of nitrogens with zero attached hydrogens (tertiary/aromatic N) is 4. The van der Waals surface area contributed by atoms with Crippen molar-refractivity contribution >= 4 is 17.5 Å². The topological polar surface area (TPSA) is 43.1 Å². The van der Waals surface area contributed by atoms with Gasteiger partial charge in [-0.15, -0.1) is 11.8 Å². The third-order valence-electron chi connectivity index (χ3n) is 2.59. The second-order valence-electron chi connectivity index (χ2n) is 4.27. The molecule has 0 bridgehead atoms. The highest BCUT2D eigenvalue weighted by molar-refractivity contribution is 7.99. The smallest absolute Gasteiger partial charge is 0.216 e. The maximum Gasteiger partial charge on any atom is 0.253 e. The monoisotopic (exact) mass is 236 g/mol. The van der Waals surface area contributed by atoms with Gasteiger partial charge in [-0.3, -0.25) is 0 Å². The van der Waals surface area contributed by atoms with Crippen LogP contribution in [0.2, 0.25) is 0 Å². The van der Waals surface area contributed by atoms with Gasteiger partial charge in [-0.1, -0.05) is 20.8 Å². The third kappa shape index (κ3) is 2.19. The first kappa shape index (κ1) is 11.4. The Balaban J connectivity index is 2.39. The van der Waals surface area contributed by atoms with Gasteiger partial charge in [0.25, 0.3) is 5.78 Å². The largest absolute Gasteiger partial charge is 0.253 e. The molecule has 2 aromatic heterocycles. The number of rotatable bonds is 3. The predicted molar refractivity (Wildman–Crippen MR) is 65.7 cm³/mol. The van der Waals surface area contributed by atoms with Crippen molar-refractivity contribution in [2.24, 2.45) is 5.92 Å². The van der Waals surface area contributed by atoms with Crippen molar-refractivity contribution in [1.29, 1.82) is 0 Å². The molecule has 2 aromatic rings. The van der Waals surface area contributed by atoms with Gasteiger partial charge in [0.15, 0.2) is 0 Å². The molecule has 0 N–H and O–H groups in total. The van der Waals surface area contributed by atoms with Gasteiger partial charge in [0, 0.05) is 10.9 Å². The molecule has 0 aromatic carbocycles. The van der Waals surface area contributed by atoms with Crippen LogP contribution in [0.4, 0.5) is 0 Å². The fourth-order valence-corrected chi connectivity index (χ4v) is 2.43. The Kier molecular flexibility index (Phi) is 3.14. The molecule has 2 rings (SSSR count). The van der Waals surface area contributed by atoms with Gasteiger partial charge in [0.2, 0.25) is 0 Å². The zero-order valence-electron chi connectivity index (χ0n) is 10.0. The minimum atomic E-state index is 0.550. The molecule has 0 aliphatic heterocycles. The number of hydrogen-bond acceptors (Lipinski definition) is 4. The Morgan fingerprint density at radius 1 is 1.31 bits per heavy atom. The molecule has 0 saturated heterocycles. The summed E-state index contributed by atoms with van der Waals surface area (Å²) < 4.78 is 1.80. The van der Waals surface area contributed by atoms with Crippen molar-refractivity contribution in [3.63, 3.8) is 0 Å². The van der Waals surface area contributed by atoms with Crippen molar-refractivity contribution in [3.8, 4) is 0 Å². The molecule has 5 heteroatoms. The molecule has 0 radical (unpaired) electrons. The van der Waals surface area contributed by atoms with E-state index in [-0.39, 0.29) is 0 Å². The first-order valence-electron chi connectivity index (χ1n) is 5.42. The molecule has 4 nitrogen and oxygen atoms in total. The highest BCUT2D eigenvalue weighted by atomic mass is 32.2. The Morgan fingerprint density at radius 3 is 2.75 bits per heavy atom. The Morgan fingerprint density at radius 2 is 2.06 bits per heavy atom. The van der Waals surface area contributed by atoms with Gasteiger partial charge < -0.3 is 0 Å². The van der Waals surface area contributed by atoms with Crippen molar-refractivity contribution in [2.45, 2.75) is 38.0 Å². The van der Waals surface area contributed by atoms with Gasteiger partial charge in [0.05, 0.1) is 0 Å². The summed E-state index contributed by atoms with van der Waals surface area (Å²) in [5.41, 5.74) is 0.985. The van der Waals surface area contributed by atoms with Crippen LogP contribution in [0.5, 0.6) is 0 Å². The lowest BCUT2D eigenvalue weighted by atomic mass is 10.2. The van der Waals surface area contributed by atoms with E-state index in [9.17, 15) is 0 Å². The van der Waals surface area contributed by atoms with Crippen molar-refractivity contribution in [2.75, 3.05) is 0 Å². The lowest BCUT2D eigenvalue weighted by molar-refractivity contribution is 0.640. The molecule has 86 valence electrons. The maximum absolute atomic E-state index is 4.32. The zero-order valence-corrected chi connectivity index (χ0v) is 10.8. The second-order valence-corrected chi connectivity index (χ2v) is 5.67. The molecule has 16 heavy (non-hydrogen) atoms. The van der Waals surface area contributed by atoms with Gasteiger partial charge in [-0.05, 0) is 18.9 Å². The van der Waals surface area contributed by atoms with Gasteiger partial charge in [-0.25, -0.2) is 4.98 Å². The van der Waals surface area contributed by atoms with E-state index in [0.717, 1.165) is 10.7 Å². The van der Waals surface area contributed by atoms with Crippen LogP contribution in [0.1, 0.15) is 26.5 Å². The summed E-state index contributed by atoms with van der Waals surface area (Å²) in [7, 11) is 0. The van der Waals surface area contributed by atoms with Crippen LogP contribution in [0.25, 0.3) is 5.78 Å². The lowest BCUT2D eigenvalue weighted by Gasteiger charge is -2.15.